The van der Waals surface area contributed by atoms with Crippen molar-refractivity contribution in [2.75, 3.05) is 6.61 Å². The second kappa shape index (κ2) is 13.5. The molecule has 0 bridgehead atoms. The van der Waals surface area contributed by atoms with Crippen LogP contribution >= 0.6 is 0 Å². The molecule has 38 heavy (non-hydrogen) atoms. The number of ether oxygens (including phenoxy) is 2. The minimum Gasteiger partial charge on any atom is -0.490 e. The molecule has 4 aromatic rings. The van der Waals surface area contributed by atoms with Gasteiger partial charge in [0.25, 0.3) is 5.91 Å². The maximum atomic E-state index is 12.8. The first-order valence-electron chi connectivity index (χ1n) is 12.3. The number of carbonyl (C=O) groups excluding carboxylic acids is 1. The van der Waals surface area contributed by atoms with E-state index in [9.17, 15) is 14.7 Å². The van der Waals surface area contributed by atoms with Gasteiger partial charge in [-0.3, -0.25) is 4.79 Å². The fourth-order valence-corrected chi connectivity index (χ4v) is 3.76. The molecule has 0 saturated heterocycles. The molecule has 6 heteroatoms. The van der Waals surface area contributed by atoms with Crippen molar-refractivity contribution < 1.29 is 24.2 Å². The van der Waals surface area contributed by atoms with Gasteiger partial charge in [0.2, 0.25) is 0 Å². The summed E-state index contributed by atoms with van der Waals surface area (Å²) in [5.74, 6) is -0.385. The van der Waals surface area contributed by atoms with Crippen molar-refractivity contribution in [3.63, 3.8) is 0 Å². The summed E-state index contributed by atoms with van der Waals surface area (Å²) in [4.78, 5) is 24.7. The molecule has 1 atom stereocenters. The Hall–Kier alpha value is -4.84. The van der Waals surface area contributed by atoms with Gasteiger partial charge in [0.05, 0.1) is 0 Å². The van der Waals surface area contributed by atoms with Crippen LogP contribution in [0.5, 0.6) is 11.5 Å². The van der Waals surface area contributed by atoms with E-state index in [-0.39, 0.29) is 6.42 Å². The highest BCUT2D eigenvalue weighted by Crippen LogP contribution is 2.17. The summed E-state index contributed by atoms with van der Waals surface area (Å²) in [6.07, 6.45) is 3.98. The second-order valence-electron chi connectivity index (χ2n) is 8.64. The number of nitrogens with one attached hydrogen (secondary N) is 1. The molecule has 0 aliphatic heterocycles. The van der Waals surface area contributed by atoms with Crippen molar-refractivity contribution in [3.05, 3.63) is 138 Å². The van der Waals surface area contributed by atoms with E-state index in [0.29, 0.717) is 30.3 Å². The molecule has 0 unspecified atom stereocenters. The standard InChI is InChI=1S/C32H29NO5/c34-31(27-14-7-15-29(22-27)37-20-8-13-24-9-3-1-4-10-24)33-30(32(35)36)21-25-16-18-28(19-17-25)38-23-26-11-5-2-6-12-26/h1-19,22,30H,20-21,23H2,(H,33,34)(H,35,36)/b13-8+/t30-/m0/s1. The second-order valence-corrected chi connectivity index (χ2v) is 8.64. The van der Waals surface area contributed by atoms with E-state index in [1.807, 2.05) is 72.8 Å². The third kappa shape index (κ3) is 8.10. The number of rotatable bonds is 12. The van der Waals surface area contributed by atoms with Gasteiger partial charge in [0.15, 0.2) is 0 Å². The molecule has 0 radical (unpaired) electrons. The van der Waals surface area contributed by atoms with E-state index in [0.717, 1.165) is 16.7 Å². The third-order valence-corrected chi connectivity index (χ3v) is 5.77. The molecule has 4 rings (SSSR count). The summed E-state index contributed by atoms with van der Waals surface area (Å²) < 4.78 is 11.5. The summed E-state index contributed by atoms with van der Waals surface area (Å²) >= 11 is 0. The smallest absolute Gasteiger partial charge is 0.326 e. The number of benzene rings is 4. The molecule has 0 heterocycles. The highest BCUT2D eigenvalue weighted by Gasteiger charge is 2.21. The molecule has 0 aromatic heterocycles. The minimum absolute atomic E-state index is 0.139. The van der Waals surface area contributed by atoms with Crippen LogP contribution in [0.3, 0.4) is 0 Å². The maximum absolute atomic E-state index is 12.8. The molecule has 1 amide bonds. The first kappa shape index (κ1) is 26.2. The molecular weight excluding hydrogens is 478 g/mol. The predicted octanol–water partition coefficient (Wildman–Crippen LogP) is 5.78. The summed E-state index contributed by atoms with van der Waals surface area (Å²) in [7, 11) is 0. The number of hydrogen-bond donors (Lipinski definition) is 2. The SMILES string of the molecule is O=C(N[C@@H](Cc1ccc(OCc2ccccc2)cc1)C(=O)O)c1cccc(OC/C=C/c2ccccc2)c1. The van der Waals surface area contributed by atoms with Crippen molar-refractivity contribution in [3.8, 4) is 11.5 Å². The number of aliphatic carboxylic acids is 1. The van der Waals surface area contributed by atoms with Crippen LogP contribution in [-0.2, 0) is 17.8 Å². The van der Waals surface area contributed by atoms with Crippen molar-refractivity contribution in [2.24, 2.45) is 0 Å². The van der Waals surface area contributed by atoms with Crippen LogP contribution in [0, 0.1) is 0 Å². The van der Waals surface area contributed by atoms with E-state index < -0.39 is 17.9 Å². The average molecular weight is 508 g/mol. The lowest BCUT2D eigenvalue weighted by molar-refractivity contribution is -0.139. The van der Waals surface area contributed by atoms with Gasteiger partial charge in [-0.05, 0) is 53.1 Å². The molecule has 4 aromatic carbocycles. The predicted molar refractivity (Wildman–Crippen MR) is 147 cm³/mol. The van der Waals surface area contributed by atoms with E-state index >= 15 is 0 Å². The summed E-state index contributed by atoms with van der Waals surface area (Å²) in [5.41, 5.74) is 3.22. The van der Waals surface area contributed by atoms with Crippen LogP contribution in [0.15, 0.2) is 115 Å². The quantitative estimate of drug-likeness (QED) is 0.254. The van der Waals surface area contributed by atoms with Gasteiger partial charge >= 0.3 is 5.97 Å². The first-order valence-corrected chi connectivity index (χ1v) is 12.3. The molecule has 2 N–H and O–H groups in total. The fourth-order valence-electron chi connectivity index (χ4n) is 3.76. The maximum Gasteiger partial charge on any atom is 0.326 e. The largest absolute Gasteiger partial charge is 0.490 e. The van der Waals surface area contributed by atoms with E-state index in [1.165, 1.54) is 0 Å². The summed E-state index contributed by atoms with van der Waals surface area (Å²) in [6, 6.07) is 32.5. The van der Waals surface area contributed by atoms with Crippen LogP contribution in [-0.4, -0.2) is 29.6 Å². The van der Waals surface area contributed by atoms with Gasteiger partial charge < -0.3 is 19.9 Å². The Kier molecular flexibility index (Phi) is 9.29. The first-order chi connectivity index (χ1) is 18.6. The van der Waals surface area contributed by atoms with Gasteiger partial charge in [0.1, 0.15) is 30.8 Å². The van der Waals surface area contributed by atoms with E-state index in [1.54, 1.807) is 48.5 Å². The Morgan fingerprint density at radius 1 is 0.763 bits per heavy atom. The van der Waals surface area contributed by atoms with Crippen molar-refractivity contribution in [1.82, 2.24) is 5.32 Å². The number of carbonyl (C=O) groups is 2. The van der Waals surface area contributed by atoms with Crippen molar-refractivity contribution in [2.45, 2.75) is 19.1 Å². The van der Waals surface area contributed by atoms with Gasteiger partial charge in [0, 0.05) is 12.0 Å². The van der Waals surface area contributed by atoms with Gasteiger partial charge in [-0.1, -0.05) is 84.9 Å². The zero-order valence-electron chi connectivity index (χ0n) is 20.8. The normalized spacial score (nSPS) is 11.6. The molecule has 0 saturated carbocycles. The molecule has 0 spiro atoms. The topological polar surface area (TPSA) is 84.9 Å². The lowest BCUT2D eigenvalue weighted by Crippen LogP contribution is -2.42. The highest BCUT2D eigenvalue weighted by molar-refractivity contribution is 5.97. The number of hydrogen-bond acceptors (Lipinski definition) is 4. The van der Waals surface area contributed by atoms with E-state index in [4.69, 9.17) is 9.47 Å². The molecule has 6 nitrogen and oxygen atoms in total. The molecule has 192 valence electrons. The lowest BCUT2D eigenvalue weighted by Gasteiger charge is -2.15. The Labute approximate surface area is 222 Å². The van der Waals surface area contributed by atoms with Crippen molar-refractivity contribution in [1.29, 1.82) is 0 Å². The Balaban J connectivity index is 1.30. The molecule has 0 aliphatic rings. The number of amides is 1. The van der Waals surface area contributed by atoms with Gasteiger partial charge in [-0.25, -0.2) is 4.79 Å². The van der Waals surface area contributed by atoms with Gasteiger partial charge in [-0.15, -0.1) is 0 Å². The van der Waals surface area contributed by atoms with Crippen LogP contribution < -0.4 is 14.8 Å². The highest BCUT2D eigenvalue weighted by atomic mass is 16.5. The lowest BCUT2D eigenvalue weighted by atomic mass is 10.1. The number of carboxylic acid groups (broad SMARTS) is 1. The molecule has 0 fully saturated rings. The fraction of sp³-hybridized carbons (Fsp3) is 0.125. The third-order valence-electron chi connectivity index (χ3n) is 5.77. The molecular formula is C32H29NO5. The van der Waals surface area contributed by atoms with Gasteiger partial charge in [-0.2, -0.15) is 0 Å². The zero-order valence-corrected chi connectivity index (χ0v) is 20.8. The molecule has 0 aliphatic carbocycles. The van der Waals surface area contributed by atoms with Crippen LogP contribution in [0.2, 0.25) is 0 Å². The van der Waals surface area contributed by atoms with Crippen LogP contribution in [0.1, 0.15) is 27.0 Å². The Bertz CT molecular complexity index is 1350. The monoisotopic (exact) mass is 507 g/mol. The summed E-state index contributed by atoms with van der Waals surface area (Å²) in [5, 5.41) is 12.3. The minimum atomic E-state index is -1.11. The average Bonchev–Trinajstić information content (AvgIpc) is 2.96. The Morgan fingerprint density at radius 2 is 1.47 bits per heavy atom. The summed E-state index contributed by atoms with van der Waals surface area (Å²) in [6.45, 7) is 0.781. The van der Waals surface area contributed by atoms with Crippen LogP contribution in [0.4, 0.5) is 0 Å². The Morgan fingerprint density at radius 3 is 2.18 bits per heavy atom. The van der Waals surface area contributed by atoms with Crippen molar-refractivity contribution >= 4 is 18.0 Å². The zero-order chi connectivity index (χ0) is 26.6. The number of carboxylic acids is 1. The van der Waals surface area contributed by atoms with E-state index in [2.05, 4.69) is 5.32 Å². The van der Waals surface area contributed by atoms with Crippen LogP contribution in [0.25, 0.3) is 6.08 Å².